The number of allylic oxidation sites excluding steroid dienone is 5. The second-order valence-corrected chi connectivity index (χ2v) is 5.77. The number of carbonyl (C=O) groups excluding carboxylic acids is 1. The van der Waals surface area contributed by atoms with Crippen LogP contribution in [-0.4, -0.2) is 47.2 Å². The molecule has 2 rings (SSSR count). The van der Waals surface area contributed by atoms with E-state index < -0.39 is 10.9 Å². The van der Waals surface area contributed by atoms with Gasteiger partial charge in [-0.2, -0.15) is 0 Å². The summed E-state index contributed by atoms with van der Waals surface area (Å²) in [6.07, 6.45) is 11.3. The number of nitrogens with two attached hydrogens (primary N) is 1. The molecule has 0 aliphatic carbocycles. The topological polar surface area (TPSA) is 143 Å². The predicted octanol–water partition coefficient (Wildman–Crippen LogP) is 3.61. The highest BCUT2D eigenvalue weighted by Gasteiger charge is 2.14. The Morgan fingerprint density at radius 2 is 1.97 bits per heavy atom. The van der Waals surface area contributed by atoms with E-state index in [1.54, 1.807) is 27.2 Å². The number of hydrogen-bond donors (Lipinski definition) is 1. The first-order valence-electron chi connectivity index (χ1n) is 9.38. The smallest absolute Gasteiger partial charge is 0.360 e. The van der Waals surface area contributed by atoms with Crippen molar-refractivity contribution in [3.8, 4) is 11.8 Å². The van der Waals surface area contributed by atoms with Gasteiger partial charge in [0.25, 0.3) is 0 Å². The first-order valence-corrected chi connectivity index (χ1v) is 9.38. The third kappa shape index (κ3) is 9.99. The lowest BCUT2D eigenvalue weighted by Crippen LogP contribution is -2.11. The maximum atomic E-state index is 11.4. The Kier molecular flexibility index (Phi) is 14.2. The Morgan fingerprint density at radius 3 is 2.48 bits per heavy atom. The molecule has 0 amide bonds. The summed E-state index contributed by atoms with van der Waals surface area (Å²) in [4.78, 5) is 33.0. The van der Waals surface area contributed by atoms with E-state index in [-0.39, 0.29) is 17.2 Å². The maximum absolute atomic E-state index is 11.4. The monoisotopic (exact) mass is 453 g/mol. The van der Waals surface area contributed by atoms with Gasteiger partial charge in [-0.15, -0.1) is 5.92 Å². The fourth-order valence-corrected chi connectivity index (χ4v) is 2.01. The standard InChI is InChI=1S/C13H15N3O2.C8H6N2O2.C2H6O/c1-4-6-7-9(5-2)10-8-15-12(14)11(16-10)13(17)18-3;1-2-3-7-4-5-9-6-8(7)10(11)12;1-3-2/h4-8H,2H2,1,3H3,(H2,14,15);4-6H,1H3;1-2H3/b6-4-,9-7+;;. The van der Waals surface area contributed by atoms with Crippen molar-refractivity contribution in [3.05, 3.63) is 82.6 Å². The van der Waals surface area contributed by atoms with Crippen molar-refractivity contribution in [1.82, 2.24) is 15.0 Å². The summed E-state index contributed by atoms with van der Waals surface area (Å²) in [5, 5.41) is 10.4. The molecule has 0 bridgehead atoms. The van der Waals surface area contributed by atoms with E-state index in [1.165, 1.54) is 31.8 Å². The van der Waals surface area contributed by atoms with Crippen molar-refractivity contribution in [3.63, 3.8) is 0 Å². The van der Waals surface area contributed by atoms with E-state index in [4.69, 9.17) is 5.73 Å². The highest BCUT2D eigenvalue weighted by atomic mass is 16.6. The Hall–Kier alpha value is -4.36. The van der Waals surface area contributed by atoms with Gasteiger partial charge >= 0.3 is 11.7 Å². The molecule has 0 aromatic carbocycles. The molecule has 2 aromatic rings. The highest BCUT2D eigenvalue weighted by Crippen LogP contribution is 2.16. The van der Waals surface area contributed by atoms with Gasteiger partial charge in [0.05, 0.1) is 23.9 Å². The van der Waals surface area contributed by atoms with Gasteiger partial charge < -0.3 is 15.2 Å². The number of nitrogens with zero attached hydrogens (tertiary/aromatic N) is 4. The van der Waals surface area contributed by atoms with Gasteiger partial charge in [0.2, 0.25) is 0 Å². The molecule has 0 fully saturated rings. The lowest BCUT2D eigenvalue weighted by molar-refractivity contribution is -0.385. The molecule has 10 nitrogen and oxygen atoms in total. The molecular formula is C23H27N5O5. The molecule has 0 radical (unpaired) electrons. The van der Waals surface area contributed by atoms with Crippen LogP contribution in [-0.2, 0) is 9.47 Å². The number of rotatable bonds is 5. The summed E-state index contributed by atoms with van der Waals surface area (Å²) in [5.41, 5.74) is 7.18. The van der Waals surface area contributed by atoms with Crippen LogP contribution in [0.4, 0.5) is 11.5 Å². The van der Waals surface area contributed by atoms with Crippen molar-refractivity contribution < 1.29 is 19.2 Å². The average Bonchev–Trinajstić information content (AvgIpc) is 2.81. The van der Waals surface area contributed by atoms with Crippen LogP contribution in [0.3, 0.4) is 0 Å². The third-order valence-electron chi connectivity index (χ3n) is 3.42. The zero-order chi connectivity index (χ0) is 25.2. The summed E-state index contributed by atoms with van der Waals surface area (Å²) in [6, 6.07) is 1.52. The molecule has 0 saturated carbocycles. The Balaban J connectivity index is 0.000000588. The first-order chi connectivity index (χ1) is 15.8. The molecule has 0 aliphatic rings. The van der Waals surface area contributed by atoms with Crippen LogP contribution in [0.1, 0.15) is 35.6 Å². The minimum Gasteiger partial charge on any atom is -0.464 e. The summed E-state index contributed by atoms with van der Waals surface area (Å²) >= 11 is 0. The number of ether oxygens (including phenoxy) is 2. The Morgan fingerprint density at radius 1 is 1.30 bits per heavy atom. The highest BCUT2D eigenvalue weighted by molar-refractivity contribution is 5.92. The molecule has 0 aliphatic heterocycles. The lowest BCUT2D eigenvalue weighted by Gasteiger charge is -2.05. The number of carbonyl (C=O) groups is 1. The number of nitro groups is 1. The summed E-state index contributed by atoms with van der Waals surface area (Å²) in [5.74, 6) is 4.65. The van der Waals surface area contributed by atoms with Gasteiger partial charge in [-0.3, -0.25) is 15.1 Å². The molecule has 174 valence electrons. The van der Waals surface area contributed by atoms with Crippen molar-refractivity contribution in [1.29, 1.82) is 0 Å². The third-order valence-corrected chi connectivity index (χ3v) is 3.42. The Bertz CT molecular complexity index is 1070. The number of nitrogen functional groups attached to an aromatic ring is 1. The molecule has 2 N–H and O–H groups in total. The number of hydrogen-bond acceptors (Lipinski definition) is 9. The van der Waals surface area contributed by atoms with Crippen LogP contribution in [0.15, 0.2) is 55.5 Å². The van der Waals surface area contributed by atoms with Crippen LogP contribution < -0.4 is 5.73 Å². The molecule has 33 heavy (non-hydrogen) atoms. The van der Waals surface area contributed by atoms with E-state index in [0.717, 1.165) is 5.57 Å². The molecule has 0 saturated heterocycles. The van der Waals surface area contributed by atoms with Crippen LogP contribution in [0.5, 0.6) is 0 Å². The molecule has 2 aromatic heterocycles. The van der Waals surface area contributed by atoms with Gasteiger partial charge in [-0.1, -0.05) is 36.8 Å². The predicted molar refractivity (Wildman–Crippen MR) is 127 cm³/mol. The second kappa shape index (κ2) is 16.3. The minimum absolute atomic E-state index is 0.00299. The molecule has 10 heteroatoms. The van der Waals surface area contributed by atoms with Gasteiger partial charge in [-0.25, -0.2) is 14.8 Å². The van der Waals surface area contributed by atoms with E-state index >= 15 is 0 Å². The first kappa shape index (κ1) is 28.6. The molecule has 0 spiro atoms. The van der Waals surface area contributed by atoms with Crippen molar-refractivity contribution in [2.45, 2.75) is 13.8 Å². The number of anilines is 1. The van der Waals surface area contributed by atoms with E-state index in [9.17, 15) is 14.9 Å². The van der Waals surface area contributed by atoms with Gasteiger partial charge in [0.15, 0.2) is 11.5 Å². The summed E-state index contributed by atoms with van der Waals surface area (Å²) < 4.78 is 8.84. The SMILES string of the molecule is C=C/C(=C\C=C/C)c1cnc(N)c(C(=O)OC)n1.CC#Cc1ccncc1[N+](=O)[O-].COC. The van der Waals surface area contributed by atoms with Crippen LogP contribution in [0, 0.1) is 22.0 Å². The van der Waals surface area contributed by atoms with Gasteiger partial charge in [-0.05, 0) is 19.9 Å². The van der Waals surface area contributed by atoms with Crippen LogP contribution in [0.25, 0.3) is 5.57 Å². The fraction of sp³-hybridized carbons (Fsp3) is 0.217. The maximum Gasteiger partial charge on any atom is 0.360 e. The van der Waals surface area contributed by atoms with E-state index in [0.29, 0.717) is 11.3 Å². The number of pyridine rings is 1. The second-order valence-electron chi connectivity index (χ2n) is 5.77. The van der Waals surface area contributed by atoms with Gasteiger partial charge in [0, 0.05) is 26.0 Å². The zero-order valence-electron chi connectivity index (χ0n) is 19.2. The quantitative estimate of drug-likeness (QED) is 0.236. The van der Waals surface area contributed by atoms with Crippen molar-refractivity contribution in [2.24, 2.45) is 0 Å². The molecule has 0 unspecified atom stereocenters. The normalized spacial score (nSPS) is 9.91. The summed E-state index contributed by atoms with van der Waals surface area (Å²) in [6.45, 7) is 7.21. The number of methoxy groups -OCH3 is 2. The lowest BCUT2D eigenvalue weighted by atomic mass is 10.1. The zero-order valence-corrected chi connectivity index (χ0v) is 19.2. The number of esters is 1. The van der Waals surface area contributed by atoms with Gasteiger partial charge in [0.1, 0.15) is 11.8 Å². The fourth-order valence-electron chi connectivity index (χ4n) is 2.01. The number of aromatic nitrogens is 3. The summed E-state index contributed by atoms with van der Waals surface area (Å²) in [7, 11) is 4.51. The average molecular weight is 453 g/mol. The minimum atomic E-state index is -0.615. The van der Waals surface area contributed by atoms with E-state index in [1.807, 2.05) is 25.2 Å². The molecule has 0 atom stereocenters. The largest absolute Gasteiger partial charge is 0.464 e. The van der Waals surface area contributed by atoms with Crippen molar-refractivity contribution in [2.75, 3.05) is 27.1 Å². The molecular weight excluding hydrogens is 426 g/mol. The Labute approximate surface area is 193 Å². The van der Waals surface area contributed by atoms with E-state index in [2.05, 4.69) is 42.8 Å². The van der Waals surface area contributed by atoms with Crippen molar-refractivity contribution >= 4 is 23.0 Å². The van der Waals surface area contributed by atoms with Crippen LogP contribution in [0.2, 0.25) is 0 Å². The van der Waals surface area contributed by atoms with Crippen LogP contribution >= 0.6 is 0 Å². The molecule has 2 heterocycles.